The average Bonchev–Trinajstić information content (AvgIpc) is 2.79. The van der Waals surface area contributed by atoms with Gasteiger partial charge in [0, 0.05) is 13.0 Å². The number of unbranched alkanes of at least 4 members (excludes halogenated alkanes) is 9. The lowest BCUT2D eigenvalue weighted by molar-refractivity contribution is 0.0171. The number of hydrogen-bond acceptors (Lipinski definition) is 2. The highest BCUT2D eigenvalue weighted by Crippen LogP contribution is 2.25. The van der Waals surface area contributed by atoms with Crippen LogP contribution in [0.2, 0.25) is 0 Å². The van der Waals surface area contributed by atoms with Crippen LogP contribution in [0.3, 0.4) is 0 Å². The zero-order chi connectivity index (χ0) is 13.1. The zero-order valence-corrected chi connectivity index (χ0v) is 12.3. The van der Waals surface area contributed by atoms with Gasteiger partial charge in [-0.15, -0.1) is 0 Å². The van der Waals surface area contributed by atoms with Crippen molar-refractivity contribution in [3.63, 3.8) is 0 Å². The van der Waals surface area contributed by atoms with Gasteiger partial charge in [0.15, 0.2) is 0 Å². The fraction of sp³-hybridized carbons (Fsp3) is 1.00. The molecule has 0 amide bonds. The molecule has 0 saturated carbocycles. The maximum Gasteiger partial charge on any atom is 0.0902 e. The molecule has 1 saturated heterocycles. The van der Waals surface area contributed by atoms with Crippen LogP contribution in [-0.4, -0.2) is 23.9 Å². The molecule has 0 aromatic heterocycles. The van der Waals surface area contributed by atoms with Gasteiger partial charge in [0.2, 0.25) is 0 Å². The van der Waals surface area contributed by atoms with E-state index in [9.17, 15) is 5.11 Å². The van der Waals surface area contributed by atoms with Crippen molar-refractivity contribution in [3.8, 4) is 0 Å². The second kappa shape index (κ2) is 9.80. The van der Waals surface area contributed by atoms with Crippen molar-refractivity contribution >= 4 is 0 Å². The first kappa shape index (κ1) is 16.0. The van der Waals surface area contributed by atoms with E-state index in [0.29, 0.717) is 6.61 Å². The molecule has 1 unspecified atom stereocenters. The number of aliphatic hydroxyl groups is 1. The number of ether oxygens (including phenoxy) is 1. The summed E-state index contributed by atoms with van der Waals surface area (Å²) in [7, 11) is 0. The van der Waals surface area contributed by atoms with Crippen LogP contribution >= 0.6 is 0 Å². The molecule has 0 spiro atoms. The summed E-state index contributed by atoms with van der Waals surface area (Å²) in [4.78, 5) is 0. The van der Waals surface area contributed by atoms with E-state index in [1.807, 2.05) is 0 Å². The molecule has 2 nitrogen and oxygen atoms in total. The highest BCUT2D eigenvalue weighted by atomic mass is 16.5. The number of rotatable bonds is 11. The molecule has 1 rings (SSSR count). The average molecular weight is 256 g/mol. The lowest BCUT2D eigenvalue weighted by Crippen LogP contribution is -2.28. The van der Waals surface area contributed by atoms with E-state index >= 15 is 0 Å². The second-order valence-corrected chi connectivity index (χ2v) is 5.96. The van der Waals surface area contributed by atoms with Gasteiger partial charge >= 0.3 is 0 Å². The largest absolute Gasteiger partial charge is 0.387 e. The summed E-state index contributed by atoms with van der Waals surface area (Å²) in [5.74, 6) is 0. The molecule has 0 radical (unpaired) electrons. The van der Waals surface area contributed by atoms with Crippen molar-refractivity contribution < 1.29 is 9.84 Å². The quantitative estimate of drug-likeness (QED) is 0.553. The Hall–Kier alpha value is -0.0800. The van der Waals surface area contributed by atoms with Crippen LogP contribution in [0.1, 0.15) is 84.0 Å². The maximum absolute atomic E-state index is 10.1. The molecule has 1 fully saturated rings. The first-order chi connectivity index (χ1) is 8.77. The van der Waals surface area contributed by atoms with E-state index in [4.69, 9.17) is 4.74 Å². The van der Waals surface area contributed by atoms with Gasteiger partial charge in [0.05, 0.1) is 12.2 Å². The Labute approximate surface area is 113 Å². The summed E-state index contributed by atoms with van der Waals surface area (Å²) in [6, 6.07) is 0. The van der Waals surface area contributed by atoms with Crippen molar-refractivity contribution in [1.82, 2.24) is 0 Å². The third kappa shape index (κ3) is 7.38. The first-order valence-corrected chi connectivity index (χ1v) is 8.07. The van der Waals surface area contributed by atoms with Crippen LogP contribution in [0.5, 0.6) is 0 Å². The van der Waals surface area contributed by atoms with E-state index in [1.54, 1.807) is 0 Å². The molecule has 1 atom stereocenters. The standard InChI is InChI=1S/C16H32O2/c1-2-3-4-5-6-7-8-9-10-11-12-16(17)13-14-18-15-16/h17H,2-15H2,1H3. The molecule has 18 heavy (non-hydrogen) atoms. The molecular weight excluding hydrogens is 224 g/mol. The lowest BCUT2D eigenvalue weighted by atomic mass is 9.95. The van der Waals surface area contributed by atoms with Gasteiger partial charge in [-0.1, -0.05) is 71.1 Å². The third-order valence-corrected chi connectivity index (χ3v) is 4.08. The van der Waals surface area contributed by atoms with Crippen LogP contribution < -0.4 is 0 Å². The SMILES string of the molecule is CCCCCCCCCCCCC1(O)CCOC1. The summed E-state index contributed by atoms with van der Waals surface area (Å²) in [5.41, 5.74) is -0.486. The lowest BCUT2D eigenvalue weighted by Gasteiger charge is -2.19. The third-order valence-electron chi connectivity index (χ3n) is 4.08. The Kier molecular flexibility index (Phi) is 8.70. The molecule has 108 valence electrons. The van der Waals surface area contributed by atoms with E-state index in [1.165, 1.54) is 57.8 Å². The zero-order valence-electron chi connectivity index (χ0n) is 12.3. The Bertz CT molecular complexity index is 186. The van der Waals surface area contributed by atoms with Crippen LogP contribution in [0.15, 0.2) is 0 Å². The first-order valence-electron chi connectivity index (χ1n) is 8.07. The van der Waals surface area contributed by atoms with Gasteiger partial charge in [0.1, 0.15) is 0 Å². The molecule has 0 aromatic carbocycles. The maximum atomic E-state index is 10.1. The summed E-state index contributed by atoms with van der Waals surface area (Å²) in [5, 5.41) is 10.1. The van der Waals surface area contributed by atoms with E-state index in [-0.39, 0.29) is 0 Å². The van der Waals surface area contributed by atoms with Crippen LogP contribution in [0.25, 0.3) is 0 Å². The number of hydrogen-bond donors (Lipinski definition) is 1. The van der Waals surface area contributed by atoms with Crippen LogP contribution in [0.4, 0.5) is 0 Å². The van der Waals surface area contributed by atoms with Crippen LogP contribution in [-0.2, 0) is 4.74 Å². The van der Waals surface area contributed by atoms with Crippen molar-refractivity contribution in [2.24, 2.45) is 0 Å². The van der Waals surface area contributed by atoms with Crippen LogP contribution in [0, 0.1) is 0 Å². The molecule has 2 heteroatoms. The van der Waals surface area contributed by atoms with E-state index in [2.05, 4.69) is 6.92 Å². The highest BCUT2D eigenvalue weighted by molar-refractivity contribution is 4.82. The van der Waals surface area contributed by atoms with Gasteiger partial charge in [-0.3, -0.25) is 0 Å². The van der Waals surface area contributed by atoms with Gasteiger partial charge in [-0.2, -0.15) is 0 Å². The predicted octanol–water partition coefficient (Wildman–Crippen LogP) is 4.45. The van der Waals surface area contributed by atoms with Crippen molar-refractivity contribution in [2.75, 3.05) is 13.2 Å². The second-order valence-electron chi connectivity index (χ2n) is 5.96. The molecule has 1 N–H and O–H groups in total. The van der Waals surface area contributed by atoms with Gasteiger partial charge in [-0.05, 0) is 6.42 Å². The minimum absolute atomic E-state index is 0.486. The molecule has 1 aliphatic heterocycles. The minimum atomic E-state index is -0.486. The normalized spacial score (nSPS) is 23.7. The smallest absolute Gasteiger partial charge is 0.0902 e. The monoisotopic (exact) mass is 256 g/mol. The minimum Gasteiger partial charge on any atom is -0.387 e. The molecule has 0 bridgehead atoms. The molecule has 1 heterocycles. The topological polar surface area (TPSA) is 29.5 Å². The van der Waals surface area contributed by atoms with Gasteiger partial charge in [0.25, 0.3) is 0 Å². The molecule has 1 aliphatic rings. The van der Waals surface area contributed by atoms with Gasteiger partial charge in [-0.25, -0.2) is 0 Å². The van der Waals surface area contributed by atoms with Crippen molar-refractivity contribution in [2.45, 2.75) is 89.6 Å². The summed E-state index contributed by atoms with van der Waals surface area (Å²) in [6.07, 6.45) is 15.3. The van der Waals surface area contributed by atoms with Crippen molar-refractivity contribution in [1.29, 1.82) is 0 Å². The van der Waals surface area contributed by atoms with E-state index < -0.39 is 5.60 Å². The fourth-order valence-electron chi connectivity index (χ4n) is 2.74. The Morgan fingerprint density at radius 2 is 1.44 bits per heavy atom. The summed E-state index contributed by atoms with van der Waals surface area (Å²) in [6.45, 7) is 3.57. The summed E-state index contributed by atoms with van der Waals surface area (Å²) < 4.78 is 5.25. The van der Waals surface area contributed by atoms with E-state index in [0.717, 1.165) is 25.9 Å². The molecular formula is C16H32O2. The fourth-order valence-corrected chi connectivity index (χ4v) is 2.74. The van der Waals surface area contributed by atoms with Crippen molar-refractivity contribution in [3.05, 3.63) is 0 Å². The Morgan fingerprint density at radius 1 is 0.889 bits per heavy atom. The summed E-state index contributed by atoms with van der Waals surface area (Å²) >= 11 is 0. The molecule has 0 aromatic rings. The Balaban J connectivity index is 1.78. The molecule has 0 aliphatic carbocycles. The van der Waals surface area contributed by atoms with Gasteiger partial charge < -0.3 is 9.84 Å². The highest BCUT2D eigenvalue weighted by Gasteiger charge is 2.31. The predicted molar refractivity (Wildman–Crippen MR) is 76.8 cm³/mol. The Morgan fingerprint density at radius 3 is 1.94 bits per heavy atom.